The number of nitrogens with one attached hydrogen (secondary N) is 2. The number of hydrogen-bond donors (Lipinski definition) is 2. The molecule has 8 heteroatoms. The van der Waals surface area contributed by atoms with Crippen LogP contribution in [0.1, 0.15) is 6.42 Å². The maximum Gasteiger partial charge on any atom is 0.319 e. The minimum absolute atomic E-state index is 0.121. The lowest BCUT2D eigenvalue weighted by Crippen LogP contribution is -2.39. The second kappa shape index (κ2) is 7.06. The van der Waals surface area contributed by atoms with Crippen LogP contribution in [0.15, 0.2) is 42.5 Å². The van der Waals surface area contributed by atoms with Crippen LogP contribution in [-0.2, 0) is 4.79 Å². The summed E-state index contributed by atoms with van der Waals surface area (Å²) in [6.45, 7) is 0.311. The highest BCUT2D eigenvalue weighted by Crippen LogP contribution is 2.23. The van der Waals surface area contributed by atoms with E-state index in [1.165, 1.54) is 6.07 Å². The molecule has 130 valence electrons. The van der Waals surface area contributed by atoms with Gasteiger partial charge in [0.15, 0.2) is 11.6 Å². The molecule has 0 aromatic heterocycles. The minimum atomic E-state index is -1.05. The van der Waals surface area contributed by atoms with Gasteiger partial charge in [0.25, 0.3) is 0 Å². The monoisotopic (exact) mass is 365 g/mol. The van der Waals surface area contributed by atoms with Crippen LogP contribution < -0.4 is 15.5 Å². The lowest BCUT2D eigenvalue weighted by molar-refractivity contribution is -0.117. The third kappa shape index (κ3) is 4.06. The van der Waals surface area contributed by atoms with Gasteiger partial charge in [-0.3, -0.25) is 4.79 Å². The summed E-state index contributed by atoms with van der Waals surface area (Å²) in [5.41, 5.74) is 0.815. The summed E-state index contributed by atoms with van der Waals surface area (Å²) in [7, 11) is 0. The highest BCUT2D eigenvalue weighted by atomic mass is 35.5. The normalized spacial score (nSPS) is 16.8. The van der Waals surface area contributed by atoms with Gasteiger partial charge in [0.05, 0.1) is 6.04 Å². The number of carbonyl (C=O) groups excluding carboxylic acids is 2. The van der Waals surface area contributed by atoms with Crippen LogP contribution in [0.2, 0.25) is 5.02 Å². The van der Waals surface area contributed by atoms with Crippen LogP contribution in [0.3, 0.4) is 0 Å². The van der Waals surface area contributed by atoms with Gasteiger partial charge in [-0.15, -0.1) is 0 Å². The zero-order chi connectivity index (χ0) is 18.0. The first-order valence-corrected chi connectivity index (χ1v) is 7.88. The topological polar surface area (TPSA) is 61.4 Å². The Labute approximate surface area is 147 Å². The molecule has 1 aliphatic rings. The molecule has 5 nitrogen and oxygen atoms in total. The molecule has 1 atom stereocenters. The molecule has 3 rings (SSSR count). The number of anilines is 2. The molecule has 2 aromatic carbocycles. The number of nitrogens with zero attached hydrogens (tertiary/aromatic N) is 1. The fourth-order valence-electron chi connectivity index (χ4n) is 2.60. The van der Waals surface area contributed by atoms with Crippen LogP contribution in [0, 0.1) is 11.6 Å². The molecule has 25 heavy (non-hydrogen) atoms. The van der Waals surface area contributed by atoms with E-state index in [1.54, 1.807) is 29.2 Å². The molecule has 0 aliphatic carbocycles. The van der Waals surface area contributed by atoms with Crippen molar-refractivity contribution in [3.05, 3.63) is 59.1 Å². The fourth-order valence-corrected chi connectivity index (χ4v) is 2.73. The van der Waals surface area contributed by atoms with E-state index in [2.05, 4.69) is 10.6 Å². The van der Waals surface area contributed by atoms with E-state index in [4.69, 9.17) is 11.6 Å². The van der Waals surface area contributed by atoms with Gasteiger partial charge in [-0.1, -0.05) is 11.6 Å². The van der Waals surface area contributed by atoms with E-state index >= 15 is 0 Å². The van der Waals surface area contributed by atoms with Crippen molar-refractivity contribution in [2.45, 2.75) is 12.5 Å². The number of carbonyl (C=O) groups is 2. The van der Waals surface area contributed by atoms with Gasteiger partial charge < -0.3 is 15.5 Å². The summed E-state index contributed by atoms with van der Waals surface area (Å²) in [5, 5.41) is 5.62. The zero-order valence-electron chi connectivity index (χ0n) is 12.9. The van der Waals surface area contributed by atoms with Gasteiger partial charge in [-0.05, 0) is 36.4 Å². The molecule has 2 aromatic rings. The average Bonchev–Trinajstić information content (AvgIpc) is 2.92. The first-order chi connectivity index (χ1) is 11.9. The lowest BCUT2D eigenvalue weighted by Gasteiger charge is -2.17. The highest BCUT2D eigenvalue weighted by Gasteiger charge is 2.31. The molecule has 2 N–H and O–H groups in total. The van der Waals surface area contributed by atoms with Gasteiger partial charge in [-0.2, -0.15) is 0 Å². The molecule has 1 saturated heterocycles. The number of halogens is 3. The summed E-state index contributed by atoms with van der Waals surface area (Å²) >= 11 is 5.83. The quantitative estimate of drug-likeness (QED) is 0.873. The van der Waals surface area contributed by atoms with Gasteiger partial charge in [0.2, 0.25) is 5.91 Å². The zero-order valence-corrected chi connectivity index (χ0v) is 13.7. The molecule has 0 saturated carbocycles. The molecule has 1 fully saturated rings. The minimum Gasteiger partial charge on any atom is -0.333 e. The van der Waals surface area contributed by atoms with Crippen molar-refractivity contribution in [2.24, 2.45) is 0 Å². The first kappa shape index (κ1) is 17.2. The van der Waals surface area contributed by atoms with Crippen LogP contribution in [-0.4, -0.2) is 24.5 Å². The smallest absolute Gasteiger partial charge is 0.319 e. The number of benzene rings is 2. The summed E-state index contributed by atoms with van der Waals surface area (Å²) in [4.78, 5) is 25.6. The van der Waals surface area contributed by atoms with Crippen LogP contribution in [0.25, 0.3) is 0 Å². The SMILES string of the molecule is O=C(Nc1ccc(F)c(F)c1)N[C@@H]1CC(=O)N(c2ccc(Cl)cc2)C1. The Kier molecular flexibility index (Phi) is 4.85. The van der Waals surface area contributed by atoms with Crippen molar-refractivity contribution in [2.75, 3.05) is 16.8 Å². The van der Waals surface area contributed by atoms with Crippen molar-refractivity contribution in [3.63, 3.8) is 0 Å². The van der Waals surface area contributed by atoms with E-state index in [1.807, 2.05) is 0 Å². The van der Waals surface area contributed by atoms with Crippen LogP contribution >= 0.6 is 11.6 Å². The Balaban J connectivity index is 1.60. The molecular formula is C17H14ClF2N3O2. The van der Waals surface area contributed by atoms with Gasteiger partial charge in [0.1, 0.15) is 0 Å². The Morgan fingerprint density at radius 1 is 1.12 bits per heavy atom. The molecule has 3 amide bonds. The molecule has 0 spiro atoms. The maximum atomic E-state index is 13.1. The van der Waals surface area contributed by atoms with Crippen molar-refractivity contribution in [1.29, 1.82) is 0 Å². The summed E-state index contributed by atoms with van der Waals surface area (Å²) in [5.74, 6) is -2.17. The van der Waals surface area contributed by atoms with Crippen molar-refractivity contribution < 1.29 is 18.4 Å². The third-order valence-electron chi connectivity index (χ3n) is 3.78. The van der Waals surface area contributed by atoms with Crippen LogP contribution in [0.5, 0.6) is 0 Å². The molecule has 1 heterocycles. The predicted molar refractivity (Wildman–Crippen MR) is 90.7 cm³/mol. The van der Waals surface area contributed by atoms with Gasteiger partial charge >= 0.3 is 6.03 Å². The van der Waals surface area contributed by atoms with Crippen LogP contribution in [0.4, 0.5) is 25.0 Å². The maximum absolute atomic E-state index is 13.1. The fraction of sp³-hybridized carbons (Fsp3) is 0.176. The standard InChI is InChI=1S/C17H14ClF2N3O2/c18-10-1-4-13(5-2-10)23-9-12(8-16(23)24)22-17(25)21-11-3-6-14(19)15(20)7-11/h1-7,12H,8-9H2,(H2,21,22,25)/t12-/m1/s1. The molecular weight excluding hydrogens is 352 g/mol. The van der Waals surface area contributed by atoms with Gasteiger partial charge in [-0.25, -0.2) is 13.6 Å². The van der Waals surface area contributed by atoms with E-state index in [0.717, 1.165) is 12.1 Å². The predicted octanol–water partition coefficient (Wildman–Crippen LogP) is 3.55. The summed E-state index contributed by atoms with van der Waals surface area (Å²) in [6, 6.07) is 8.88. The first-order valence-electron chi connectivity index (χ1n) is 7.51. The molecule has 1 aliphatic heterocycles. The second-order valence-electron chi connectivity index (χ2n) is 5.61. The molecule has 0 bridgehead atoms. The average molecular weight is 366 g/mol. The summed E-state index contributed by atoms with van der Waals surface area (Å²) < 4.78 is 26.0. The Hall–Kier alpha value is -2.67. The van der Waals surface area contributed by atoms with Crippen molar-refractivity contribution >= 4 is 34.9 Å². The van der Waals surface area contributed by atoms with E-state index in [9.17, 15) is 18.4 Å². The van der Waals surface area contributed by atoms with E-state index in [0.29, 0.717) is 17.3 Å². The highest BCUT2D eigenvalue weighted by molar-refractivity contribution is 6.30. The number of amides is 3. The van der Waals surface area contributed by atoms with E-state index in [-0.39, 0.29) is 18.0 Å². The third-order valence-corrected chi connectivity index (χ3v) is 4.03. The van der Waals surface area contributed by atoms with Gasteiger partial charge in [0, 0.05) is 35.4 Å². The largest absolute Gasteiger partial charge is 0.333 e. The Morgan fingerprint density at radius 3 is 2.52 bits per heavy atom. The van der Waals surface area contributed by atoms with Crippen molar-refractivity contribution in [3.8, 4) is 0 Å². The summed E-state index contributed by atoms with van der Waals surface area (Å²) in [6.07, 6.45) is 0.147. The number of urea groups is 1. The lowest BCUT2D eigenvalue weighted by atomic mass is 10.2. The van der Waals surface area contributed by atoms with E-state index < -0.39 is 23.7 Å². The molecule has 0 radical (unpaired) electrons. The Morgan fingerprint density at radius 2 is 1.84 bits per heavy atom. The van der Waals surface area contributed by atoms with Crippen molar-refractivity contribution in [1.82, 2.24) is 5.32 Å². The number of rotatable bonds is 3. The number of hydrogen-bond acceptors (Lipinski definition) is 2. The Bertz CT molecular complexity index is 814. The molecule has 0 unspecified atom stereocenters. The second-order valence-corrected chi connectivity index (χ2v) is 6.05.